The number of nitrogens with zero attached hydrogens (tertiary/aromatic N) is 6. The van der Waals surface area contributed by atoms with Crippen molar-refractivity contribution < 1.29 is 38.6 Å². The Hall–Kier alpha value is -5.84. The fourth-order valence-corrected chi connectivity index (χ4v) is 9.99. The quantitative estimate of drug-likeness (QED) is 0.121. The van der Waals surface area contributed by atoms with E-state index in [-0.39, 0.29) is 61.9 Å². The highest BCUT2D eigenvalue weighted by Crippen LogP contribution is 2.42. The average molecular weight is 935 g/mol. The number of hydrazine groups is 1. The first-order valence-electron chi connectivity index (χ1n) is 24.0. The van der Waals surface area contributed by atoms with Crippen LogP contribution in [0.15, 0.2) is 54.7 Å². The normalized spacial score (nSPS) is 21.5. The monoisotopic (exact) mass is 935 g/mol. The maximum atomic E-state index is 14.7. The summed E-state index contributed by atoms with van der Waals surface area (Å²) in [5.74, 6) is -2.50. The molecule has 3 aliphatic heterocycles. The highest BCUT2D eigenvalue weighted by atomic mass is 16.5. The van der Waals surface area contributed by atoms with Crippen molar-refractivity contribution in [1.29, 1.82) is 0 Å². The van der Waals surface area contributed by atoms with Gasteiger partial charge in [0.25, 0.3) is 5.91 Å². The van der Waals surface area contributed by atoms with Crippen LogP contribution in [-0.4, -0.2) is 142 Å². The van der Waals surface area contributed by atoms with Crippen LogP contribution in [0, 0.1) is 11.3 Å². The van der Waals surface area contributed by atoms with Crippen LogP contribution in [-0.2, 0) is 52.8 Å². The van der Waals surface area contributed by atoms with Crippen LogP contribution in [0.25, 0.3) is 33.3 Å². The standard InChI is InChI=1S/C52H70N8O8/c1-12-58-42-18-17-34-25-38(42)39(47(58)37-15-13-19-53-45(37)32(6)67-11)26-52(7,8)29-68-51(66)40-16-14-20-60(55-40)49(64)41(23-33-21-35(34)24-36(61)22-33)54-48(63)46(30(2)3)57(10)44(62)28-56(9)50(65)43-27-59(43)31(4)5/h13,15,17-19,21-22,24-25,30-32,40-41,43,46,55,61H,12,14,16,20,23,26-29H2,1-11H3,(H,54,63)/t32-,40-,41-,43-,46?,59?/m0/s1. The van der Waals surface area contributed by atoms with Gasteiger partial charge >= 0.3 is 5.97 Å². The lowest BCUT2D eigenvalue weighted by Gasteiger charge is -2.37. The van der Waals surface area contributed by atoms with Gasteiger partial charge in [0.15, 0.2) is 0 Å². The molecule has 2 aromatic carbocycles. The van der Waals surface area contributed by atoms with Crippen molar-refractivity contribution in [3.05, 3.63) is 71.5 Å². The Balaban J connectivity index is 1.28. The fraction of sp³-hybridized carbons (Fsp3) is 0.538. The number of esters is 1. The predicted octanol–water partition coefficient (Wildman–Crippen LogP) is 5.49. The third-order valence-corrected chi connectivity index (χ3v) is 13.7. The van der Waals surface area contributed by atoms with Gasteiger partial charge in [-0.15, -0.1) is 0 Å². The van der Waals surface area contributed by atoms with Gasteiger partial charge in [-0.25, -0.2) is 5.43 Å². The average Bonchev–Trinajstić information content (AvgIpc) is 4.06. The number of fused-ring (bicyclic) bond motifs is 6. The first-order chi connectivity index (χ1) is 32.2. The van der Waals surface area contributed by atoms with Crippen LogP contribution >= 0.6 is 0 Å². The van der Waals surface area contributed by atoms with E-state index >= 15 is 0 Å². The Labute approximate surface area is 400 Å². The molecule has 4 aromatic rings. The molecule has 366 valence electrons. The first kappa shape index (κ1) is 50.0. The van der Waals surface area contributed by atoms with E-state index in [0.29, 0.717) is 43.5 Å². The Morgan fingerprint density at radius 2 is 1.79 bits per heavy atom. The number of likely N-dealkylation sites (N-methyl/N-ethyl adjacent to an activating group) is 2. The maximum Gasteiger partial charge on any atom is 0.324 e. The smallest absolute Gasteiger partial charge is 0.324 e. The van der Waals surface area contributed by atoms with E-state index in [4.69, 9.17) is 14.5 Å². The van der Waals surface area contributed by atoms with Crippen molar-refractivity contribution in [2.45, 2.75) is 124 Å². The summed E-state index contributed by atoms with van der Waals surface area (Å²) in [6.45, 7) is 17.4. The zero-order chi connectivity index (χ0) is 49.4. The number of carbonyl (C=O) groups excluding carboxylic acids is 5. The molecule has 68 heavy (non-hydrogen) atoms. The summed E-state index contributed by atoms with van der Waals surface area (Å²) in [6, 6.07) is 12.4. The zero-order valence-electron chi connectivity index (χ0n) is 41.6. The third kappa shape index (κ3) is 10.6. The number of hydrogen-bond donors (Lipinski definition) is 3. The van der Waals surface area contributed by atoms with E-state index in [1.807, 2.05) is 57.7 Å². The number of methoxy groups -OCH3 is 1. The zero-order valence-corrected chi connectivity index (χ0v) is 41.6. The minimum atomic E-state index is -1.18. The Morgan fingerprint density at radius 3 is 2.47 bits per heavy atom. The minimum absolute atomic E-state index is 0.0167. The highest BCUT2D eigenvalue weighted by molar-refractivity contribution is 5.96. The third-order valence-electron chi connectivity index (χ3n) is 13.7. The van der Waals surface area contributed by atoms with Gasteiger partial charge in [0.2, 0.25) is 17.7 Å². The fourth-order valence-electron chi connectivity index (χ4n) is 9.99. The molecule has 3 aliphatic rings. The van der Waals surface area contributed by atoms with Crippen molar-refractivity contribution in [1.82, 2.24) is 40.0 Å². The van der Waals surface area contributed by atoms with E-state index in [1.54, 1.807) is 32.5 Å². The number of phenols is 1. The number of aromatic nitrogens is 2. The number of pyridine rings is 1. The summed E-state index contributed by atoms with van der Waals surface area (Å²) < 4.78 is 14.2. The van der Waals surface area contributed by atoms with Crippen molar-refractivity contribution in [2.75, 3.05) is 47.4 Å². The summed E-state index contributed by atoms with van der Waals surface area (Å²) in [7, 11) is 4.80. The number of cyclic esters (lactones) is 1. The molecule has 4 amide bonds. The molecule has 2 unspecified atom stereocenters. The summed E-state index contributed by atoms with van der Waals surface area (Å²) >= 11 is 0. The Kier molecular flexibility index (Phi) is 15.0. The molecular formula is C52H70N8O8. The molecule has 16 heteroatoms. The molecule has 3 N–H and O–H groups in total. The van der Waals surface area contributed by atoms with Crippen LogP contribution in [0.1, 0.15) is 91.2 Å². The molecule has 6 atom stereocenters. The number of amides is 4. The van der Waals surface area contributed by atoms with Gasteiger partial charge < -0.3 is 34.3 Å². The number of phenolic OH excluding ortho intramolecular Hbond substituents is 1. The van der Waals surface area contributed by atoms with Crippen LogP contribution in [0.4, 0.5) is 0 Å². The van der Waals surface area contributed by atoms with E-state index in [0.717, 1.165) is 39.0 Å². The van der Waals surface area contributed by atoms with Crippen molar-refractivity contribution in [2.24, 2.45) is 11.3 Å². The molecule has 2 saturated heterocycles. The van der Waals surface area contributed by atoms with Crippen molar-refractivity contribution >= 4 is 40.5 Å². The largest absolute Gasteiger partial charge is 0.508 e. The van der Waals surface area contributed by atoms with Gasteiger partial charge in [-0.05, 0) is 112 Å². The summed E-state index contributed by atoms with van der Waals surface area (Å²) in [5, 5.41) is 16.7. The molecule has 0 saturated carbocycles. The summed E-state index contributed by atoms with van der Waals surface area (Å²) in [5.41, 5.74) is 9.50. The molecule has 0 aliphatic carbocycles. The molecule has 0 radical (unpaired) electrons. The highest BCUT2D eigenvalue weighted by Gasteiger charge is 2.44. The van der Waals surface area contributed by atoms with Crippen molar-refractivity contribution in [3.63, 3.8) is 0 Å². The second-order valence-corrected chi connectivity index (χ2v) is 20.2. The van der Waals surface area contributed by atoms with E-state index in [9.17, 15) is 29.1 Å². The number of rotatable bonds is 12. The van der Waals surface area contributed by atoms with Crippen LogP contribution in [0.5, 0.6) is 5.75 Å². The lowest BCUT2D eigenvalue weighted by atomic mass is 9.84. The van der Waals surface area contributed by atoms with E-state index < -0.39 is 47.2 Å². The lowest BCUT2D eigenvalue weighted by molar-refractivity contribution is -0.155. The molecule has 2 fully saturated rings. The minimum Gasteiger partial charge on any atom is -0.508 e. The van der Waals surface area contributed by atoms with Crippen LogP contribution < -0.4 is 10.7 Å². The molecule has 16 nitrogen and oxygen atoms in total. The number of aryl methyl sites for hydroxylation is 1. The second kappa shape index (κ2) is 20.4. The van der Waals surface area contributed by atoms with Crippen LogP contribution in [0.3, 0.4) is 0 Å². The lowest BCUT2D eigenvalue weighted by Crippen LogP contribution is -2.62. The summed E-state index contributed by atoms with van der Waals surface area (Å²) in [6.07, 6.45) is 2.94. The predicted molar refractivity (Wildman–Crippen MR) is 260 cm³/mol. The first-order valence-corrected chi connectivity index (χ1v) is 24.0. The number of benzene rings is 2. The number of hydrogen-bond acceptors (Lipinski definition) is 11. The Bertz CT molecular complexity index is 2550. The maximum absolute atomic E-state index is 14.7. The number of ether oxygens (including phenoxy) is 2. The molecule has 0 spiro atoms. The summed E-state index contributed by atoms with van der Waals surface area (Å²) in [4.78, 5) is 79.7. The second-order valence-electron chi connectivity index (χ2n) is 20.2. The molecule has 7 rings (SSSR count). The molecular weight excluding hydrogens is 865 g/mol. The van der Waals surface area contributed by atoms with Gasteiger partial charge in [-0.1, -0.05) is 39.8 Å². The number of carbonyl (C=O) groups is 5. The SMILES string of the molecule is CCn1c(-c2cccnc2[C@H](C)OC)c2c3cc(ccc31)-c1cc(O)cc(c1)C[C@H](NC(=O)C(C(C)C)N(C)C(=O)CN(C)C(=O)[C@@H]1CN1C(C)C)C(=O)N1CCC[C@H](N1)C(=O)OCC(C)(C)C2. The molecule has 5 heterocycles. The van der Waals surface area contributed by atoms with Gasteiger partial charge in [0.05, 0.1) is 30.6 Å². The van der Waals surface area contributed by atoms with E-state index in [1.165, 1.54) is 21.9 Å². The van der Waals surface area contributed by atoms with Gasteiger partial charge in [-0.2, -0.15) is 0 Å². The topological polar surface area (TPSA) is 179 Å². The number of aromatic hydroxyl groups is 1. The van der Waals surface area contributed by atoms with Gasteiger partial charge in [-0.3, -0.25) is 38.9 Å². The molecule has 6 bridgehead atoms. The van der Waals surface area contributed by atoms with Gasteiger partial charge in [0.1, 0.15) is 29.9 Å². The van der Waals surface area contributed by atoms with Crippen LogP contribution in [0.2, 0.25) is 0 Å². The van der Waals surface area contributed by atoms with Crippen molar-refractivity contribution in [3.8, 4) is 28.1 Å². The molecule has 2 aromatic heterocycles. The Morgan fingerprint density at radius 1 is 1.04 bits per heavy atom. The van der Waals surface area contributed by atoms with E-state index in [2.05, 4.69) is 54.3 Å². The number of nitrogens with one attached hydrogen (secondary N) is 2. The van der Waals surface area contributed by atoms with Gasteiger partial charge in [0, 0.05) is 81.4 Å².